The molecule has 0 aliphatic heterocycles. The molecule has 7 nitrogen and oxygen atoms in total. The normalized spacial score (nSPS) is 22.5. The monoisotopic (exact) mass is 448 g/mol. The van der Waals surface area contributed by atoms with E-state index in [1.165, 1.54) is 0 Å². The smallest absolute Gasteiger partial charge is 0.408 e. The zero-order chi connectivity index (χ0) is 23.0. The molecule has 2 fully saturated rings. The van der Waals surface area contributed by atoms with Crippen LogP contribution in [0.2, 0.25) is 0 Å². The summed E-state index contributed by atoms with van der Waals surface area (Å²) in [5.41, 5.74) is 3.55. The summed E-state index contributed by atoms with van der Waals surface area (Å²) in [4.78, 5) is 37.2. The molecule has 2 aromatic rings. The lowest BCUT2D eigenvalue weighted by Gasteiger charge is -2.41. The first-order valence-corrected chi connectivity index (χ1v) is 11.7. The van der Waals surface area contributed by atoms with E-state index in [1.54, 1.807) is 0 Å². The number of carbonyl (C=O) groups is 3. The number of benzene rings is 2. The molecule has 5 rings (SSSR count). The van der Waals surface area contributed by atoms with Gasteiger partial charge >= 0.3 is 12.1 Å². The first-order chi connectivity index (χ1) is 16.0. The van der Waals surface area contributed by atoms with Gasteiger partial charge in [-0.05, 0) is 54.4 Å². The van der Waals surface area contributed by atoms with Crippen LogP contribution in [-0.4, -0.2) is 41.3 Å². The van der Waals surface area contributed by atoms with Crippen molar-refractivity contribution in [3.8, 4) is 11.1 Å². The van der Waals surface area contributed by atoms with E-state index in [-0.39, 0.29) is 18.4 Å². The van der Waals surface area contributed by atoms with Crippen LogP contribution < -0.4 is 10.6 Å². The number of fused-ring (bicyclic) bond motifs is 3. The Bertz CT molecular complexity index is 1050. The first-order valence-electron chi connectivity index (χ1n) is 11.7. The van der Waals surface area contributed by atoms with Crippen molar-refractivity contribution in [2.45, 2.75) is 56.0 Å². The Morgan fingerprint density at radius 2 is 1.58 bits per heavy atom. The van der Waals surface area contributed by atoms with Crippen LogP contribution in [0, 0.1) is 5.92 Å². The number of nitrogens with one attached hydrogen (secondary N) is 2. The Morgan fingerprint density at radius 1 is 0.939 bits per heavy atom. The van der Waals surface area contributed by atoms with Gasteiger partial charge < -0.3 is 20.5 Å². The molecule has 7 heteroatoms. The third-order valence-corrected chi connectivity index (χ3v) is 7.48. The van der Waals surface area contributed by atoms with Gasteiger partial charge in [0.1, 0.15) is 12.1 Å². The highest BCUT2D eigenvalue weighted by atomic mass is 16.5. The van der Waals surface area contributed by atoms with Crippen molar-refractivity contribution in [2.24, 2.45) is 5.92 Å². The lowest BCUT2D eigenvalue weighted by molar-refractivity contribution is -0.142. The van der Waals surface area contributed by atoms with E-state index in [4.69, 9.17) is 4.74 Å². The maximum atomic E-state index is 13.0. The number of carboxylic acid groups (broad SMARTS) is 1. The number of rotatable bonds is 6. The highest BCUT2D eigenvalue weighted by Crippen LogP contribution is 2.44. The lowest BCUT2D eigenvalue weighted by atomic mass is 9.75. The molecule has 0 heterocycles. The van der Waals surface area contributed by atoms with Crippen LogP contribution >= 0.6 is 0 Å². The van der Waals surface area contributed by atoms with Crippen molar-refractivity contribution in [3.63, 3.8) is 0 Å². The summed E-state index contributed by atoms with van der Waals surface area (Å²) in [5.74, 6) is -1.81. The summed E-state index contributed by atoms with van der Waals surface area (Å²) in [6, 6.07) is 15.9. The maximum absolute atomic E-state index is 13.0. The zero-order valence-corrected chi connectivity index (χ0v) is 18.4. The molecule has 0 bridgehead atoms. The number of ether oxygens (including phenoxy) is 1. The predicted molar refractivity (Wildman–Crippen MR) is 122 cm³/mol. The van der Waals surface area contributed by atoms with Gasteiger partial charge in [-0.2, -0.15) is 0 Å². The number of amides is 2. The fraction of sp³-hybridized carbons (Fsp3) is 0.423. The van der Waals surface area contributed by atoms with E-state index < -0.39 is 29.6 Å². The van der Waals surface area contributed by atoms with Gasteiger partial charge in [-0.25, -0.2) is 4.79 Å². The second-order valence-corrected chi connectivity index (χ2v) is 9.34. The summed E-state index contributed by atoms with van der Waals surface area (Å²) in [5, 5.41) is 15.1. The molecule has 3 aliphatic carbocycles. The fourth-order valence-electron chi connectivity index (χ4n) is 5.50. The van der Waals surface area contributed by atoms with Crippen LogP contribution in [0.4, 0.5) is 4.79 Å². The largest absolute Gasteiger partial charge is 0.481 e. The highest BCUT2D eigenvalue weighted by Gasteiger charge is 2.48. The molecule has 0 saturated heterocycles. The molecule has 2 amide bonds. The predicted octanol–water partition coefficient (Wildman–Crippen LogP) is 3.82. The van der Waals surface area contributed by atoms with Crippen molar-refractivity contribution in [3.05, 3.63) is 59.7 Å². The molecule has 3 aliphatic rings. The van der Waals surface area contributed by atoms with Gasteiger partial charge in [0.2, 0.25) is 5.91 Å². The van der Waals surface area contributed by atoms with Crippen molar-refractivity contribution < 1.29 is 24.2 Å². The highest BCUT2D eigenvalue weighted by molar-refractivity contribution is 5.91. The molecule has 2 saturated carbocycles. The molecule has 33 heavy (non-hydrogen) atoms. The van der Waals surface area contributed by atoms with Gasteiger partial charge in [0.05, 0.1) is 5.92 Å². The number of carboxylic acids is 1. The van der Waals surface area contributed by atoms with Crippen molar-refractivity contribution in [1.82, 2.24) is 10.6 Å². The molecular weight excluding hydrogens is 420 g/mol. The SMILES string of the molecule is O=C(NC1(C(=O)N[C@@H]2CCC[C@@H]2C(=O)O)CCC1)OCC1c2ccccc2-c2ccccc21. The molecular formula is C26H28N2O5. The van der Waals surface area contributed by atoms with Gasteiger partial charge in [-0.3, -0.25) is 9.59 Å². The second kappa shape index (κ2) is 8.54. The summed E-state index contributed by atoms with van der Waals surface area (Å²) < 4.78 is 5.63. The van der Waals surface area contributed by atoms with Crippen molar-refractivity contribution >= 4 is 18.0 Å². The number of alkyl carbamates (subject to hydrolysis) is 1. The summed E-state index contributed by atoms with van der Waals surface area (Å²) in [6.07, 6.45) is 3.23. The third kappa shape index (κ3) is 3.86. The van der Waals surface area contributed by atoms with Crippen LogP contribution in [0.1, 0.15) is 55.6 Å². The molecule has 0 unspecified atom stereocenters. The Labute approximate surface area is 192 Å². The quantitative estimate of drug-likeness (QED) is 0.623. The molecule has 0 aromatic heterocycles. The van der Waals surface area contributed by atoms with E-state index in [0.717, 1.165) is 35.1 Å². The van der Waals surface area contributed by atoms with E-state index in [9.17, 15) is 19.5 Å². The van der Waals surface area contributed by atoms with Crippen LogP contribution in [0.3, 0.4) is 0 Å². The number of hydrogen-bond acceptors (Lipinski definition) is 4. The van der Waals surface area contributed by atoms with Crippen LogP contribution in [-0.2, 0) is 14.3 Å². The Hall–Kier alpha value is -3.35. The fourth-order valence-corrected chi connectivity index (χ4v) is 5.50. The Kier molecular flexibility index (Phi) is 5.56. The summed E-state index contributed by atoms with van der Waals surface area (Å²) >= 11 is 0. The van der Waals surface area contributed by atoms with Gasteiger partial charge in [0.15, 0.2) is 0 Å². The van der Waals surface area contributed by atoms with Gasteiger partial charge in [0.25, 0.3) is 0 Å². The molecule has 0 radical (unpaired) electrons. The average molecular weight is 449 g/mol. The minimum absolute atomic E-state index is 0.0517. The second-order valence-electron chi connectivity index (χ2n) is 9.34. The van der Waals surface area contributed by atoms with Crippen molar-refractivity contribution in [2.75, 3.05) is 6.61 Å². The molecule has 172 valence electrons. The van der Waals surface area contributed by atoms with E-state index in [2.05, 4.69) is 34.9 Å². The molecule has 2 atom stereocenters. The van der Waals surface area contributed by atoms with Gasteiger partial charge in [0, 0.05) is 12.0 Å². The number of hydrogen-bond donors (Lipinski definition) is 3. The molecule has 3 N–H and O–H groups in total. The first kappa shape index (κ1) is 21.5. The van der Waals surface area contributed by atoms with Crippen molar-refractivity contribution in [1.29, 1.82) is 0 Å². The maximum Gasteiger partial charge on any atom is 0.408 e. The molecule has 2 aromatic carbocycles. The average Bonchev–Trinajstić information content (AvgIpc) is 3.37. The topological polar surface area (TPSA) is 105 Å². The zero-order valence-electron chi connectivity index (χ0n) is 18.4. The van der Waals surface area contributed by atoms with E-state index in [1.807, 2.05) is 24.3 Å². The van der Waals surface area contributed by atoms with Gasteiger partial charge in [-0.15, -0.1) is 0 Å². The Balaban J connectivity index is 1.23. The van der Waals surface area contributed by atoms with E-state index in [0.29, 0.717) is 25.7 Å². The minimum Gasteiger partial charge on any atom is -0.481 e. The molecule has 0 spiro atoms. The van der Waals surface area contributed by atoms with Crippen LogP contribution in [0.5, 0.6) is 0 Å². The van der Waals surface area contributed by atoms with E-state index >= 15 is 0 Å². The lowest BCUT2D eigenvalue weighted by Crippen LogP contribution is -2.64. The summed E-state index contributed by atoms with van der Waals surface area (Å²) in [7, 11) is 0. The number of carbonyl (C=O) groups excluding carboxylic acids is 2. The minimum atomic E-state index is -1.02. The van der Waals surface area contributed by atoms with Crippen LogP contribution in [0.15, 0.2) is 48.5 Å². The Morgan fingerprint density at radius 3 is 2.15 bits per heavy atom. The third-order valence-electron chi connectivity index (χ3n) is 7.48. The number of aliphatic carboxylic acids is 1. The van der Waals surface area contributed by atoms with Gasteiger partial charge in [-0.1, -0.05) is 55.0 Å². The summed E-state index contributed by atoms with van der Waals surface area (Å²) in [6.45, 7) is 0.182. The standard InChI is InChI=1S/C26H28N2O5/c29-23(30)20-11-5-12-22(20)27-24(31)26(13-6-14-26)28-25(32)33-15-21-18-9-3-1-7-16(18)17-8-2-4-10-19(17)21/h1-4,7-10,20-22H,5-6,11-15H2,(H,27,31)(H,28,32)(H,29,30)/t20-,22+/m0/s1. The van der Waals surface area contributed by atoms with Crippen LogP contribution in [0.25, 0.3) is 11.1 Å².